The van der Waals surface area contributed by atoms with Crippen LogP contribution in [0.4, 0.5) is 5.82 Å². The normalized spacial score (nSPS) is 11.7. The van der Waals surface area contributed by atoms with E-state index in [9.17, 15) is 0 Å². The summed E-state index contributed by atoms with van der Waals surface area (Å²) in [5.74, 6) is 2.51. The summed E-state index contributed by atoms with van der Waals surface area (Å²) in [5, 5.41) is 0.784. The lowest BCUT2D eigenvalue weighted by Crippen LogP contribution is -2.09. The van der Waals surface area contributed by atoms with Gasteiger partial charge >= 0.3 is 0 Å². The molecule has 0 fully saturated rings. The van der Waals surface area contributed by atoms with Crippen LogP contribution in [0.3, 0.4) is 0 Å². The first-order valence-electron chi connectivity index (χ1n) is 7.02. The van der Waals surface area contributed by atoms with Crippen LogP contribution in [-0.4, -0.2) is 24.2 Å². The zero-order chi connectivity index (χ0) is 15.6. The summed E-state index contributed by atoms with van der Waals surface area (Å²) in [7, 11) is 3.20. The van der Waals surface area contributed by atoms with Crippen molar-refractivity contribution in [3.05, 3.63) is 18.0 Å². The number of hydrogen-bond acceptors (Lipinski definition) is 5. The van der Waals surface area contributed by atoms with Gasteiger partial charge in [-0.3, -0.25) is 0 Å². The van der Waals surface area contributed by atoms with Crippen molar-refractivity contribution < 1.29 is 9.47 Å². The van der Waals surface area contributed by atoms with Crippen molar-refractivity contribution in [3.63, 3.8) is 0 Å². The molecule has 2 rings (SSSR count). The van der Waals surface area contributed by atoms with Gasteiger partial charge in [-0.25, -0.2) is 9.97 Å². The Morgan fingerprint density at radius 2 is 1.67 bits per heavy atom. The molecule has 2 N–H and O–H groups in total. The average molecular weight is 289 g/mol. The maximum Gasteiger partial charge on any atom is 0.162 e. The number of fused-ring (bicyclic) bond motifs is 1. The van der Waals surface area contributed by atoms with Gasteiger partial charge in [0.2, 0.25) is 0 Å². The number of nitrogen functional groups attached to an aromatic ring is 1. The Hall–Kier alpha value is -2.04. The molecule has 0 spiro atoms. The molecule has 1 aromatic heterocycles. The van der Waals surface area contributed by atoms with Crippen LogP contribution in [0.25, 0.3) is 10.9 Å². The van der Waals surface area contributed by atoms with Gasteiger partial charge in [-0.1, -0.05) is 20.8 Å². The van der Waals surface area contributed by atoms with Crippen molar-refractivity contribution in [2.24, 2.45) is 5.41 Å². The van der Waals surface area contributed by atoms with E-state index in [2.05, 4.69) is 30.7 Å². The van der Waals surface area contributed by atoms with E-state index in [4.69, 9.17) is 15.2 Å². The van der Waals surface area contributed by atoms with Gasteiger partial charge in [-0.15, -0.1) is 0 Å². The van der Waals surface area contributed by atoms with Gasteiger partial charge in [0, 0.05) is 17.9 Å². The number of ether oxygens (including phenoxy) is 2. The molecule has 21 heavy (non-hydrogen) atoms. The first-order valence-corrected chi connectivity index (χ1v) is 7.02. The Kier molecular flexibility index (Phi) is 4.21. The van der Waals surface area contributed by atoms with Crippen molar-refractivity contribution in [2.45, 2.75) is 33.6 Å². The lowest BCUT2D eigenvalue weighted by molar-refractivity contribution is 0.355. The third-order valence-corrected chi connectivity index (χ3v) is 3.38. The summed E-state index contributed by atoms with van der Waals surface area (Å²) in [4.78, 5) is 9.00. The van der Waals surface area contributed by atoms with E-state index in [1.807, 2.05) is 12.1 Å². The Morgan fingerprint density at radius 1 is 1.05 bits per heavy atom. The van der Waals surface area contributed by atoms with Crippen LogP contribution >= 0.6 is 0 Å². The highest BCUT2D eigenvalue weighted by molar-refractivity contribution is 5.90. The highest BCUT2D eigenvalue weighted by Gasteiger charge is 2.14. The maximum atomic E-state index is 6.06. The number of anilines is 1. The number of nitrogens with two attached hydrogens (primary N) is 1. The molecule has 2 aromatic rings. The SMILES string of the molecule is COc1cc2nc(CCC(C)(C)C)nc(N)c2cc1OC. The summed E-state index contributed by atoms with van der Waals surface area (Å²) in [6.07, 6.45) is 1.81. The lowest BCUT2D eigenvalue weighted by Gasteiger charge is -2.17. The molecule has 0 saturated carbocycles. The van der Waals surface area contributed by atoms with E-state index >= 15 is 0 Å². The number of nitrogens with zero attached hydrogens (tertiary/aromatic N) is 2. The van der Waals surface area contributed by atoms with Gasteiger partial charge in [0.05, 0.1) is 19.7 Å². The fourth-order valence-electron chi connectivity index (χ4n) is 2.13. The first-order chi connectivity index (χ1) is 9.84. The van der Waals surface area contributed by atoms with Crippen LogP contribution in [0.2, 0.25) is 0 Å². The third-order valence-electron chi connectivity index (χ3n) is 3.38. The molecule has 0 bridgehead atoms. The first kappa shape index (κ1) is 15.4. The minimum Gasteiger partial charge on any atom is -0.493 e. The maximum absolute atomic E-state index is 6.06. The molecule has 0 amide bonds. The summed E-state index contributed by atoms with van der Waals surface area (Å²) in [6.45, 7) is 6.60. The van der Waals surface area contributed by atoms with Gasteiger partial charge < -0.3 is 15.2 Å². The molecule has 0 radical (unpaired) electrons. The van der Waals surface area contributed by atoms with Crippen LogP contribution in [-0.2, 0) is 6.42 Å². The van der Waals surface area contributed by atoms with Crippen molar-refractivity contribution in [1.29, 1.82) is 0 Å². The molecule has 114 valence electrons. The molecule has 0 aliphatic heterocycles. The molecule has 0 unspecified atom stereocenters. The Balaban J connectivity index is 2.44. The minimum atomic E-state index is 0.241. The quantitative estimate of drug-likeness (QED) is 0.936. The van der Waals surface area contributed by atoms with Crippen molar-refractivity contribution in [1.82, 2.24) is 9.97 Å². The van der Waals surface area contributed by atoms with E-state index in [1.54, 1.807) is 14.2 Å². The van der Waals surface area contributed by atoms with E-state index in [0.29, 0.717) is 17.3 Å². The largest absolute Gasteiger partial charge is 0.493 e. The topological polar surface area (TPSA) is 70.3 Å². The number of benzene rings is 1. The predicted molar refractivity (Wildman–Crippen MR) is 84.8 cm³/mol. The number of rotatable bonds is 4. The smallest absolute Gasteiger partial charge is 0.162 e. The zero-order valence-corrected chi connectivity index (χ0v) is 13.4. The van der Waals surface area contributed by atoms with Crippen LogP contribution in [0.5, 0.6) is 11.5 Å². The van der Waals surface area contributed by atoms with Gasteiger partial charge in [0.1, 0.15) is 11.6 Å². The third kappa shape index (κ3) is 3.54. The second-order valence-electron chi connectivity index (χ2n) is 6.31. The molecule has 5 heteroatoms. The Morgan fingerprint density at radius 3 is 2.24 bits per heavy atom. The highest BCUT2D eigenvalue weighted by atomic mass is 16.5. The Bertz CT molecular complexity index is 648. The molecule has 0 saturated heterocycles. The number of methoxy groups -OCH3 is 2. The molecule has 0 aliphatic rings. The molecule has 0 atom stereocenters. The molecular weight excluding hydrogens is 266 g/mol. The zero-order valence-electron chi connectivity index (χ0n) is 13.4. The monoisotopic (exact) mass is 289 g/mol. The minimum absolute atomic E-state index is 0.241. The average Bonchev–Trinajstić information content (AvgIpc) is 2.43. The second kappa shape index (κ2) is 5.76. The molecule has 1 aromatic carbocycles. The lowest BCUT2D eigenvalue weighted by atomic mass is 9.90. The summed E-state index contributed by atoms with van der Waals surface area (Å²) in [6, 6.07) is 3.66. The second-order valence-corrected chi connectivity index (χ2v) is 6.31. The van der Waals surface area contributed by atoms with Crippen LogP contribution in [0.1, 0.15) is 33.0 Å². The van der Waals surface area contributed by atoms with E-state index < -0.39 is 0 Å². The van der Waals surface area contributed by atoms with Gasteiger partial charge in [0.15, 0.2) is 11.5 Å². The van der Waals surface area contributed by atoms with Crippen LogP contribution in [0, 0.1) is 5.41 Å². The van der Waals surface area contributed by atoms with E-state index in [-0.39, 0.29) is 5.41 Å². The summed E-state index contributed by atoms with van der Waals surface area (Å²) in [5.41, 5.74) is 7.09. The number of hydrogen-bond donors (Lipinski definition) is 1. The van der Waals surface area contributed by atoms with Gasteiger partial charge in [-0.05, 0) is 17.9 Å². The predicted octanol–water partition coefficient (Wildman–Crippen LogP) is 3.21. The molecular formula is C16H23N3O2. The number of aromatic nitrogens is 2. The Labute approximate surface area is 125 Å². The standard InChI is InChI=1S/C16H23N3O2/c1-16(2,3)7-6-14-18-11-9-13(21-5)12(20-4)8-10(11)15(17)19-14/h8-9H,6-7H2,1-5H3,(H2,17,18,19). The van der Waals surface area contributed by atoms with E-state index in [1.165, 1.54) is 0 Å². The van der Waals surface area contributed by atoms with Gasteiger partial charge in [-0.2, -0.15) is 0 Å². The van der Waals surface area contributed by atoms with E-state index in [0.717, 1.165) is 29.6 Å². The van der Waals surface area contributed by atoms with Crippen molar-refractivity contribution in [3.8, 4) is 11.5 Å². The van der Waals surface area contributed by atoms with Crippen LogP contribution < -0.4 is 15.2 Å². The fraction of sp³-hybridized carbons (Fsp3) is 0.500. The van der Waals surface area contributed by atoms with Crippen LogP contribution in [0.15, 0.2) is 12.1 Å². The highest BCUT2D eigenvalue weighted by Crippen LogP contribution is 2.33. The molecule has 0 aliphatic carbocycles. The molecule has 1 heterocycles. The molecule has 5 nitrogen and oxygen atoms in total. The van der Waals surface area contributed by atoms with Crippen molar-refractivity contribution in [2.75, 3.05) is 20.0 Å². The summed E-state index contributed by atoms with van der Waals surface area (Å²) < 4.78 is 10.6. The summed E-state index contributed by atoms with van der Waals surface area (Å²) >= 11 is 0. The fourth-order valence-corrected chi connectivity index (χ4v) is 2.13. The van der Waals surface area contributed by atoms with Gasteiger partial charge in [0.25, 0.3) is 0 Å². The number of aryl methyl sites for hydroxylation is 1. The van der Waals surface area contributed by atoms with Crippen molar-refractivity contribution >= 4 is 16.7 Å².